The highest BCUT2D eigenvalue weighted by Gasteiger charge is 2.19. The van der Waals surface area contributed by atoms with E-state index in [1.54, 1.807) is 7.11 Å². The molecule has 120 valence electrons. The molecule has 1 aromatic carbocycles. The van der Waals surface area contributed by atoms with Crippen molar-refractivity contribution >= 4 is 0 Å². The van der Waals surface area contributed by atoms with Gasteiger partial charge in [-0.3, -0.25) is 0 Å². The minimum absolute atomic E-state index is 0.315. The molecule has 21 heavy (non-hydrogen) atoms. The molecule has 0 aliphatic rings. The van der Waals surface area contributed by atoms with E-state index in [0.29, 0.717) is 11.5 Å². The molecule has 1 aromatic rings. The SMILES string of the molecule is COCCN(C)CCNC(CC(C)(C)C)c1ccccc1. The van der Waals surface area contributed by atoms with Crippen LogP contribution in [-0.2, 0) is 4.74 Å². The van der Waals surface area contributed by atoms with E-state index in [0.717, 1.165) is 32.7 Å². The summed E-state index contributed by atoms with van der Waals surface area (Å²) in [4.78, 5) is 2.30. The Morgan fingerprint density at radius 1 is 1.14 bits per heavy atom. The quantitative estimate of drug-likeness (QED) is 0.755. The van der Waals surface area contributed by atoms with Gasteiger partial charge in [0.2, 0.25) is 0 Å². The normalized spacial score (nSPS) is 13.6. The lowest BCUT2D eigenvalue weighted by molar-refractivity contribution is 0.160. The standard InChI is InChI=1S/C18H32N2O/c1-18(2,3)15-17(16-9-7-6-8-10-16)19-11-12-20(4)13-14-21-5/h6-10,17,19H,11-15H2,1-5H3. The first-order valence-corrected chi connectivity index (χ1v) is 7.88. The van der Waals surface area contributed by atoms with E-state index in [4.69, 9.17) is 4.74 Å². The number of hydrogen-bond acceptors (Lipinski definition) is 3. The number of hydrogen-bond donors (Lipinski definition) is 1. The monoisotopic (exact) mass is 292 g/mol. The van der Waals surface area contributed by atoms with Gasteiger partial charge in [0.25, 0.3) is 0 Å². The molecule has 1 N–H and O–H groups in total. The van der Waals surface area contributed by atoms with Crippen molar-refractivity contribution in [3.8, 4) is 0 Å². The average Bonchev–Trinajstić information content (AvgIpc) is 2.43. The van der Waals surface area contributed by atoms with Gasteiger partial charge in [-0.15, -0.1) is 0 Å². The third-order valence-corrected chi connectivity index (χ3v) is 3.58. The zero-order valence-electron chi connectivity index (χ0n) is 14.4. The molecule has 0 aliphatic carbocycles. The van der Waals surface area contributed by atoms with Crippen LogP contribution in [0.15, 0.2) is 30.3 Å². The Morgan fingerprint density at radius 2 is 1.81 bits per heavy atom. The van der Waals surface area contributed by atoms with Gasteiger partial charge < -0.3 is 15.0 Å². The zero-order valence-corrected chi connectivity index (χ0v) is 14.4. The Kier molecular flexibility index (Phi) is 7.94. The maximum absolute atomic E-state index is 5.11. The van der Waals surface area contributed by atoms with Gasteiger partial charge in [0.05, 0.1) is 6.61 Å². The Balaban J connectivity index is 2.50. The van der Waals surface area contributed by atoms with E-state index in [1.807, 2.05) is 0 Å². The van der Waals surface area contributed by atoms with Crippen LogP contribution in [0.5, 0.6) is 0 Å². The van der Waals surface area contributed by atoms with E-state index in [2.05, 4.69) is 68.4 Å². The second kappa shape index (κ2) is 9.19. The molecular weight excluding hydrogens is 260 g/mol. The second-order valence-electron chi connectivity index (χ2n) is 6.98. The van der Waals surface area contributed by atoms with Crippen molar-refractivity contribution < 1.29 is 4.74 Å². The molecule has 1 unspecified atom stereocenters. The molecule has 0 aromatic heterocycles. The van der Waals surface area contributed by atoms with E-state index >= 15 is 0 Å². The predicted molar refractivity (Wildman–Crippen MR) is 90.6 cm³/mol. The first-order valence-electron chi connectivity index (χ1n) is 7.88. The minimum Gasteiger partial charge on any atom is -0.383 e. The summed E-state index contributed by atoms with van der Waals surface area (Å²) in [5.41, 5.74) is 1.70. The summed E-state index contributed by atoms with van der Waals surface area (Å²) in [5, 5.41) is 3.72. The molecule has 0 bridgehead atoms. The minimum atomic E-state index is 0.315. The van der Waals surface area contributed by atoms with Crippen LogP contribution in [0, 0.1) is 5.41 Å². The van der Waals surface area contributed by atoms with Crippen LogP contribution in [0.2, 0.25) is 0 Å². The van der Waals surface area contributed by atoms with Crippen molar-refractivity contribution in [2.45, 2.75) is 33.2 Å². The number of likely N-dealkylation sites (N-methyl/N-ethyl adjacent to an activating group) is 1. The zero-order chi connectivity index (χ0) is 15.7. The lowest BCUT2D eigenvalue weighted by atomic mass is 9.85. The lowest BCUT2D eigenvalue weighted by Gasteiger charge is -2.28. The van der Waals surface area contributed by atoms with E-state index in [1.165, 1.54) is 5.56 Å². The molecule has 3 nitrogen and oxygen atoms in total. The number of ether oxygens (including phenoxy) is 1. The highest BCUT2D eigenvalue weighted by atomic mass is 16.5. The van der Waals surface area contributed by atoms with Crippen LogP contribution in [0.1, 0.15) is 38.8 Å². The summed E-state index contributed by atoms with van der Waals surface area (Å²) in [6, 6.07) is 11.2. The largest absolute Gasteiger partial charge is 0.383 e. The Labute approximate surface area is 130 Å². The highest BCUT2D eigenvalue weighted by molar-refractivity contribution is 5.19. The smallest absolute Gasteiger partial charge is 0.0589 e. The molecule has 1 rings (SSSR count). The van der Waals surface area contributed by atoms with Crippen molar-refractivity contribution in [1.82, 2.24) is 10.2 Å². The molecular formula is C18H32N2O. The third kappa shape index (κ3) is 8.20. The fourth-order valence-electron chi connectivity index (χ4n) is 2.39. The van der Waals surface area contributed by atoms with Gasteiger partial charge in [-0.25, -0.2) is 0 Å². The molecule has 0 fully saturated rings. The second-order valence-corrected chi connectivity index (χ2v) is 6.98. The van der Waals surface area contributed by atoms with Gasteiger partial charge in [-0.2, -0.15) is 0 Å². The summed E-state index contributed by atoms with van der Waals surface area (Å²) in [6.07, 6.45) is 1.14. The average molecular weight is 292 g/mol. The maximum Gasteiger partial charge on any atom is 0.0589 e. The van der Waals surface area contributed by atoms with E-state index in [9.17, 15) is 0 Å². The van der Waals surface area contributed by atoms with Crippen LogP contribution in [0.3, 0.4) is 0 Å². The van der Waals surface area contributed by atoms with Crippen LogP contribution in [0.4, 0.5) is 0 Å². The summed E-state index contributed by atoms with van der Waals surface area (Å²) >= 11 is 0. The van der Waals surface area contributed by atoms with Gasteiger partial charge in [0.1, 0.15) is 0 Å². The predicted octanol–water partition coefficient (Wildman–Crippen LogP) is 3.33. The summed E-state index contributed by atoms with van der Waals surface area (Å²) in [5.74, 6) is 0. The first kappa shape index (κ1) is 18.1. The number of nitrogens with zero attached hydrogens (tertiary/aromatic N) is 1. The Hall–Kier alpha value is -0.900. The highest BCUT2D eigenvalue weighted by Crippen LogP contribution is 2.29. The van der Waals surface area contributed by atoms with Gasteiger partial charge in [-0.05, 0) is 24.4 Å². The van der Waals surface area contributed by atoms with Crippen molar-refractivity contribution in [3.05, 3.63) is 35.9 Å². The van der Waals surface area contributed by atoms with Crippen molar-refractivity contribution in [1.29, 1.82) is 0 Å². The molecule has 0 radical (unpaired) electrons. The van der Waals surface area contributed by atoms with Crippen LogP contribution in [0.25, 0.3) is 0 Å². The van der Waals surface area contributed by atoms with Crippen LogP contribution in [-0.4, -0.2) is 45.3 Å². The molecule has 0 saturated carbocycles. The molecule has 0 aliphatic heterocycles. The van der Waals surface area contributed by atoms with E-state index in [-0.39, 0.29) is 0 Å². The number of methoxy groups -OCH3 is 1. The molecule has 1 atom stereocenters. The molecule has 0 saturated heterocycles. The maximum atomic E-state index is 5.11. The number of nitrogens with one attached hydrogen (secondary N) is 1. The third-order valence-electron chi connectivity index (χ3n) is 3.58. The van der Waals surface area contributed by atoms with Gasteiger partial charge in [0, 0.05) is 32.8 Å². The van der Waals surface area contributed by atoms with Crippen LogP contribution >= 0.6 is 0 Å². The molecule has 0 amide bonds. The van der Waals surface area contributed by atoms with Gasteiger partial charge in [-0.1, -0.05) is 51.1 Å². The topological polar surface area (TPSA) is 24.5 Å². The van der Waals surface area contributed by atoms with Crippen LogP contribution < -0.4 is 5.32 Å². The fraction of sp³-hybridized carbons (Fsp3) is 0.667. The molecule has 0 spiro atoms. The van der Waals surface area contributed by atoms with E-state index < -0.39 is 0 Å². The molecule has 3 heteroatoms. The summed E-state index contributed by atoms with van der Waals surface area (Å²) in [7, 11) is 3.89. The first-order chi connectivity index (χ1) is 9.92. The van der Waals surface area contributed by atoms with Crippen molar-refractivity contribution in [2.75, 3.05) is 40.4 Å². The Morgan fingerprint density at radius 3 is 2.38 bits per heavy atom. The number of benzene rings is 1. The van der Waals surface area contributed by atoms with Gasteiger partial charge >= 0.3 is 0 Å². The number of rotatable bonds is 9. The summed E-state index contributed by atoms with van der Waals surface area (Å²) in [6.45, 7) is 10.7. The lowest BCUT2D eigenvalue weighted by Crippen LogP contribution is -2.34. The van der Waals surface area contributed by atoms with Gasteiger partial charge in [0.15, 0.2) is 0 Å². The molecule has 0 heterocycles. The Bertz CT molecular complexity index is 373. The summed E-state index contributed by atoms with van der Waals surface area (Å²) < 4.78 is 5.11. The van der Waals surface area contributed by atoms with Crippen molar-refractivity contribution in [3.63, 3.8) is 0 Å². The fourth-order valence-corrected chi connectivity index (χ4v) is 2.39. The van der Waals surface area contributed by atoms with Crippen molar-refractivity contribution in [2.24, 2.45) is 5.41 Å².